The van der Waals surface area contributed by atoms with Crippen molar-refractivity contribution in [2.75, 3.05) is 0 Å². The zero-order chi connectivity index (χ0) is 19.0. The molecule has 136 valence electrons. The minimum atomic E-state index is -4.66. The molecule has 0 N–H and O–H groups in total. The topological polar surface area (TPSA) is 9.23 Å². The van der Waals surface area contributed by atoms with Gasteiger partial charge in [0.2, 0.25) is 0 Å². The van der Waals surface area contributed by atoms with Crippen LogP contribution in [0.15, 0.2) is 36.4 Å². The lowest BCUT2D eigenvalue weighted by Gasteiger charge is -2.38. The Morgan fingerprint density at radius 1 is 1.00 bits per heavy atom. The van der Waals surface area contributed by atoms with E-state index in [0.717, 1.165) is 25.8 Å². The lowest BCUT2D eigenvalue weighted by Crippen LogP contribution is -2.54. The smallest absolute Gasteiger partial charge is 0.428 e. The van der Waals surface area contributed by atoms with Crippen molar-refractivity contribution in [2.45, 2.75) is 65.4 Å². The second kappa shape index (κ2) is 6.41. The maximum Gasteiger partial charge on any atom is 0.465 e. The Labute approximate surface area is 141 Å². The van der Waals surface area contributed by atoms with Crippen LogP contribution in [0.25, 0.3) is 0 Å². The number of alkyl halides is 4. The molecular weight excluding hydrogens is 320 g/mol. The third-order valence-electron chi connectivity index (χ3n) is 4.98. The van der Waals surface area contributed by atoms with Gasteiger partial charge in [0, 0.05) is 0 Å². The first kappa shape index (κ1) is 20.5. The summed E-state index contributed by atoms with van der Waals surface area (Å²) in [5, 5.41) is 0. The summed E-state index contributed by atoms with van der Waals surface area (Å²) in [6.45, 7) is 12.8. The Balaban J connectivity index is 3.09. The minimum absolute atomic E-state index is 0.0455. The Hall–Kier alpha value is -1.52. The molecule has 0 saturated carbocycles. The van der Waals surface area contributed by atoms with Crippen LogP contribution in [0.1, 0.15) is 53.5 Å². The van der Waals surface area contributed by atoms with Gasteiger partial charge in [0.05, 0.1) is 5.41 Å². The summed E-state index contributed by atoms with van der Waals surface area (Å²) in [6, 6.07) is 5.84. The number of hydrogen-bond donors (Lipinski definition) is 0. The molecular formula is C19H26F4O. The van der Waals surface area contributed by atoms with E-state index in [2.05, 4.69) is 11.3 Å². The van der Waals surface area contributed by atoms with Crippen LogP contribution >= 0.6 is 0 Å². The van der Waals surface area contributed by atoms with Gasteiger partial charge < -0.3 is 4.74 Å². The van der Waals surface area contributed by atoms with Crippen LogP contribution in [0.5, 0.6) is 5.75 Å². The van der Waals surface area contributed by atoms with E-state index in [1.807, 2.05) is 20.8 Å². The molecule has 0 bridgehead atoms. The summed E-state index contributed by atoms with van der Waals surface area (Å²) >= 11 is 0. The first-order chi connectivity index (χ1) is 10.7. The minimum Gasteiger partial charge on any atom is -0.428 e. The van der Waals surface area contributed by atoms with Gasteiger partial charge in [-0.25, -0.2) is 0 Å². The van der Waals surface area contributed by atoms with E-state index in [1.165, 1.54) is 19.1 Å². The lowest BCUT2D eigenvalue weighted by molar-refractivity contribution is -0.337. The highest BCUT2D eigenvalue weighted by atomic mass is 19.3. The molecule has 24 heavy (non-hydrogen) atoms. The molecule has 0 amide bonds. The molecule has 1 nitrogen and oxygen atoms in total. The van der Waals surface area contributed by atoms with Crippen molar-refractivity contribution in [3.63, 3.8) is 0 Å². The molecule has 0 unspecified atom stereocenters. The van der Waals surface area contributed by atoms with Gasteiger partial charge in [0.25, 0.3) is 0 Å². The van der Waals surface area contributed by atoms with Gasteiger partial charge in [-0.1, -0.05) is 45.1 Å². The van der Waals surface area contributed by atoms with Crippen LogP contribution < -0.4 is 4.74 Å². The van der Waals surface area contributed by atoms with Gasteiger partial charge in [-0.15, -0.1) is 0 Å². The molecule has 0 radical (unpaired) electrons. The summed E-state index contributed by atoms with van der Waals surface area (Å²) in [7, 11) is 0. The Morgan fingerprint density at radius 3 is 1.83 bits per heavy atom. The molecule has 0 aromatic heterocycles. The number of ether oxygens (including phenoxy) is 1. The van der Waals surface area contributed by atoms with Crippen molar-refractivity contribution in [1.29, 1.82) is 0 Å². The summed E-state index contributed by atoms with van der Waals surface area (Å²) in [5.74, 6) is -4.71. The summed E-state index contributed by atoms with van der Waals surface area (Å²) < 4.78 is 61.2. The van der Waals surface area contributed by atoms with Crippen molar-refractivity contribution in [2.24, 2.45) is 5.41 Å². The van der Waals surface area contributed by atoms with Crippen LogP contribution in [-0.2, 0) is 5.41 Å². The highest BCUT2D eigenvalue weighted by Crippen LogP contribution is 2.51. The average molecular weight is 346 g/mol. The SMILES string of the molecule is C=C(C)C(C)(C)C(F)(F)C(F)(F)Oc1ccc(C(C)(C)CC)cc1. The fraction of sp³-hybridized carbons (Fsp3) is 0.579. The number of allylic oxidation sites excluding steroid dienone is 1. The maximum atomic E-state index is 14.3. The average Bonchev–Trinajstić information content (AvgIpc) is 2.46. The molecule has 0 aliphatic carbocycles. The molecule has 0 spiro atoms. The van der Waals surface area contributed by atoms with E-state index in [1.54, 1.807) is 12.1 Å². The monoisotopic (exact) mass is 346 g/mol. The van der Waals surface area contributed by atoms with Crippen LogP contribution in [0.4, 0.5) is 17.6 Å². The number of benzene rings is 1. The van der Waals surface area contributed by atoms with E-state index >= 15 is 0 Å². The molecule has 1 aromatic rings. The van der Waals surface area contributed by atoms with Gasteiger partial charge >= 0.3 is 12.0 Å². The van der Waals surface area contributed by atoms with Gasteiger partial charge in [0.1, 0.15) is 5.75 Å². The Bertz CT molecular complexity index is 586. The fourth-order valence-corrected chi connectivity index (χ4v) is 2.02. The molecule has 1 rings (SSSR count). The predicted molar refractivity (Wildman–Crippen MR) is 88.9 cm³/mol. The van der Waals surface area contributed by atoms with Crippen molar-refractivity contribution in [1.82, 2.24) is 0 Å². The second-order valence-electron chi connectivity index (χ2n) is 7.36. The predicted octanol–water partition coefficient (Wildman–Crippen LogP) is 6.58. The molecule has 0 atom stereocenters. The van der Waals surface area contributed by atoms with E-state index in [0.29, 0.717) is 0 Å². The van der Waals surface area contributed by atoms with Crippen molar-refractivity contribution in [3.05, 3.63) is 42.0 Å². The van der Waals surface area contributed by atoms with E-state index in [9.17, 15) is 17.6 Å². The Morgan fingerprint density at radius 2 is 1.46 bits per heavy atom. The fourth-order valence-electron chi connectivity index (χ4n) is 2.02. The molecule has 0 aliphatic heterocycles. The van der Waals surface area contributed by atoms with Crippen LogP contribution in [0, 0.1) is 5.41 Å². The van der Waals surface area contributed by atoms with Crippen molar-refractivity contribution < 1.29 is 22.3 Å². The lowest BCUT2D eigenvalue weighted by atomic mass is 9.79. The van der Waals surface area contributed by atoms with Gasteiger partial charge in [-0.2, -0.15) is 17.6 Å². The number of halogens is 4. The maximum absolute atomic E-state index is 14.3. The summed E-state index contributed by atoms with van der Waals surface area (Å²) in [4.78, 5) is 0. The molecule has 1 aromatic carbocycles. The number of rotatable bonds is 7. The number of hydrogen-bond acceptors (Lipinski definition) is 1. The normalized spacial score (nSPS) is 13.8. The van der Waals surface area contributed by atoms with Crippen LogP contribution in [-0.4, -0.2) is 12.0 Å². The highest BCUT2D eigenvalue weighted by Gasteiger charge is 2.67. The zero-order valence-corrected chi connectivity index (χ0v) is 15.1. The van der Waals surface area contributed by atoms with Crippen molar-refractivity contribution in [3.8, 4) is 5.75 Å². The standard InChI is InChI=1S/C19H26F4O/c1-8-16(4,5)14-9-11-15(12-10-14)24-19(22,23)18(20,21)17(6,7)13(2)3/h9-12H,2,8H2,1,3-7H3. The second-order valence-corrected chi connectivity index (χ2v) is 7.36. The first-order valence-corrected chi connectivity index (χ1v) is 7.90. The van der Waals surface area contributed by atoms with E-state index in [-0.39, 0.29) is 16.7 Å². The van der Waals surface area contributed by atoms with Gasteiger partial charge in [-0.3, -0.25) is 0 Å². The molecule has 0 heterocycles. The third kappa shape index (κ3) is 3.60. The van der Waals surface area contributed by atoms with Gasteiger partial charge in [-0.05, 0) is 50.3 Å². The van der Waals surface area contributed by atoms with Crippen LogP contribution in [0.3, 0.4) is 0 Å². The molecule has 0 fully saturated rings. The van der Waals surface area contributed by atoms with Crippen LogP contribution in [0.2, 0.25) is 0 Å². The quantitative estimate of drug-likeness (QED) is 0.400. The third-order valence-corrected chi connectivity index (χ3v) is 4.98. The van der Waals surface area contributed by atoms with E-state index in [4.69, 9.17) is 0 Å². The zero-order valence-electron chi connectivity index (χ0n) is 15.1. The highest BCUT2D eigenvalue weighted by molar-refractivity contribution is 5.32. The summed E-state index contributed by atoms with van der Waals surface area (Å²) in [6.07, 6.45) is -3.80. The van der Waals surface area contributed by atoms with E-state index < -0.39 is 17.4 Å². The van der Waals surface area contributed by atoms with Gasteiger partial charge in [0.15, 0.2) is 0 Å². The molecule has 5 heteroatoms. The molecule has 0 saturated heterocycles. The Kier molecular flexibility index (Phi) is 5.48. The van der Waals surface area contributed by atoms with Crippen molar-refractivity contribution >= 4 is 0 Å². The molecule has 0 aliphatic rings. The largest absolute Gasteiger partial charge is 0.465 e. The first-order valence-electron chi connectivity index (χ1n) is 7.90. The summed E-state index contributed by atoms with van der Waals surface area (Å²) in [5.41, 5.74) is -1.36.